The molecule has 228 valence electrons. The first-order chi connectivity index (χ1) is 19.1. The lowest BCUT2D eigenvalue weighted by molar-refractivity contribution is 0.0783. The highest BCUT2D eigenvalue weighted by atomic mass is 35.5. The van der Waals surface area contributed by atoms with Crippen LogP contribution in [0.1, 0.15) is 75.2 Å². The second-order valence-corrected chi connectivity index (χ2v) is 13.9. The number of benzene rings is 2. The fourth-order valence-corrected chi connectivity index (χ4v) is 7.58. The predicted molar refractivity (Wildman–Crippen MR) is 170 cm³/mol. The number of anilines is 2. The summed E-state index contributed by atoms with van der Waals surface area (Å²) in [6.07, 6.45) is 5.74. The zero-order valence-electron chi connectivity index (χ0n) is 24.6. The highest BCUT2D eigenvalue weighted by Crippen LogP contribution is 2.35. The highest BCUT2D eigenvalue weighted by molar-refractivity contribution is 7.92. The van der Waals surface area contributed by atoms with Crippen LogP contribution < -0.4 is 20.3 Å². The average Bonchev–Trinajstić information content (AvgIpc) is 2.92. The van der Waals surface area contributed by atoms with Gasteiger partial charge in [-0.3, -0.25) is 9.10 Å². The van der Waals surface area contributed by atoms with Gasteiger partial charge in [0, 0.05) is 36.9 Å². The number of amides is 1. The maximum atomic E-state index is 13.7. The molecule has 2 fully saturated rings. The average molecular weight is 607 g/mol. The molecule has 1 aliphatic carbocycles. The number of aliphatic hydroxyl groups is 1. The number of halogens is 1. The van der Waals surface area contributed by atoms with Gasteiger partial charge in [-0.05, 0) is 68.2 Å². The van der Waals surface area contributed by atoms with Crippen molar-refractivity contribution in [2.24, 2.45) is 5.41 Å². The number of rotatable bonds is 11. The quantitative estimate of drug-likeness (QED) is 0.294. The summed E-state index contributed by atoms with van der Waals surface area (Å²) < 4.78 is 27.0. The lowest BCUT2D eigenvalue weighted by atomic mass is 9.73. The number of aliphatic hydroxyl groups excluding tert-OH is 1. The van der Waals surface area contributed by atoms with Gasteiger partial charge in [-0.25, -0.2) is 8.42 Å². The monoisotopic (exact) mass is 606 g/mol. The van der Waals surface area contributed by atoms with Gasteiger partial charge < -0.3 is 21.1 Å². The third kappa shape index (κ3) is 8.83. The number of nitrogens with one attached hydrogen (secondary N) is 3. The number of hydrogen-bond donors (Lipinski definition) is 4. The molecule has 4 rings (SSSR count). The molecule has 41 heavy (non-hydrogen) atoms. The molecule has 10 heteroatoms. The van der Waals surface area contributed by atoms with Crippen LogP contribution in [-0.4, -0.2) is 63.0 Å². The van der Waals surface area contributed by atoms with Gasteiger partial charge in [-0.1, -0.05) is 57.0 Å². The first-order valence-electron chi connectivity index (χ1n) is 14.7. The van der Waals surface area contributed by atoms with E-state index in [-0.39, 0.29) is 29.5 Å². The van der Waals surface area contributed by atoms with E-state index < -0.39 is 22.2 Å². The summed E-state index contributed by atoms with van der Waals surface area (Å²) in [6, 6.07) is 14.8. The molecule has 1 unspecified atom stereocenters. The Hall–Kier alpha value is -2.33. The fraction of sp³-hybridized carbons (Fsp3) is 0.581. The van der Waals surface area contributed by atoms with Crippen LogP contribution in [0.2, 0.25) is 0 Å². The standard InChI is InChI=1S/C31H46N4O4S.ClH/c1-4-32-25-19-24(20-26(21-25)35-16-10-11-17-40(35,38)39)30(37)34-27(18-23-12-6-5-7-13-23)28(36)22-33-29-14-8-9-15-31(29,2)3;/h5-7,12-13,19-21,27-29,32-33,36H,4,8-11,14-18,22H2,1-3H3,(H,34,37);1H/t27-,28+,29?;/m0./s1. The van der Waals surface area contributed by atoms with E-state index in [0.717, 1.165) is 24.8 Å². The van der Waals surface area contributed by atoms with Crippen LogP contribution in [0.3, 0.4) is 0 Å². The minimum atomic E-state index is -3.43. The summed E-state index contributed by atoms with van der Waals surface area (Å²) >= 11 is 0. The highest BCUT2D eigenvalue weighted by Gasteiger charge is 2.33. The lowest BCUT2D eigenvalue weighted by Gasteiger charge is -2.40. The van der Waals surface area contributed by atoms with Gasteiger partial charge >= 0.3 is 0 Å². The summed E-state index contributed by atoms with van der Waals surface area (Å²) in [5.74, 6) is -0.232. The molecule has 1 aliphatic heterocycles. The van der Waals surface area contributed by atoms with Gasteiger partial charge in [0.25, 0.3) is 5.91 Å². The Bertz CT molecular complexity index is 1240. The van der Waals surface area contributed by atoms with Crippen molar-refractivity contribution in [3.8, 4) is 0 Å². The number of carbonyl (C=O) groups excluding carboxylic acids is 1. The summed E-state index contributed by atoms with van der Waals surface area (Å²) in [7, 11) is -3.43. The van der Waals surface area contributed by atoms with Crippen LogP contribution in [0, 0.1) is 5.41 Å². The first kappa shape index (κ1) is 33.2. The third-order valence-corrected chi connectivity index (χ3v) is 10.2. The first-order valence-corrected chi connectivity index (χ1v) is 16.4. The van der Waals surface area contributed by atoms with Crippen LogP contribution >= 0.6 is 12.4 Å². The largest absolute Gasteiger partial charge is 0.390 e. The van der Waals surface area contributed by atoms with Crippen molar-refractivity contribution >= 4 is 39.7 Å². The molecule has 0 spiro atoms. The fourth-order valence-electron chi connectivity index (χ4n) is 5.95. The summed E-state index contributed by atoms with van der Waals surface area (Å²) in [5.41, 5.74) is 2.72. The Labute approximate surface area is 252 Å². The molecule has 1 saturated heterocycles. The molecule has 1 amide bonds. The van der Waals surface area contributed by atoms with Crippen LogP contribution in [0.15, 0.2) is 48.5 Å². The minimum absolute atomic E-state index is 0. The zero-order chi connectivity index (χ0) is 28.8. The molecular weight excluding hydrogens is 560 g/mol. The Kier molecular flexibility index (Phi) is 11.9. The maximum absolute atomic E-state index is 13.7. The summed E-state index contributed by atoms with van der Waals surface area (Å²) in [5, 5.41) is 21.3. The van der Waals surface area contributed by atoms with Crippen molar-refractivity contribution in [3.63, 3.8) is 0 Å². The van der Waals surface area contributed by atoms with Gasteiger partial charge in [-0.15, -0.1) is 12.4 Å². The van der Waals surface area contributed by atoms with Gasteiger partial charge in [0.15, 0.2) is 0 Å². The van der Waals surface area contributed by atoms with Gasteiger partial charge in [0.2, 0.25) is 10.0 Å². The summed E-state index contributed by atoms with van der Waals surface area (Å²) in [4.78, 5) is 13.7. The number of nitrogens with zero attached hydrogens (tertiary/aromatic N) is 1. The Morgan fingerprint density at radius 1 is 1.10 bits per heavy atom. The lowest BCUT2D eigenvalue weighted by Crippen LogP contribution is -2.52. The molecule has 0 bridgehead atoms. The molecule has 3 atom stereocenters. The van der Waals surface area contributed by atoms with Crippen LogP contribution in [0.4, 0.5) is 11.4 Å². The number of sulfonamides is 1. The molecule has 0 aromatic heterocycles. The van der Waals surface area contributed by atoms with Gasteiger partial charge in [0.1, 0.15) is 0 Å². The van der Waals surface area contributed by atoms with E-state index in [9.17, 15) is 18.3 Å². The zero-order valence-corrected chi connectivity index (χ0v) is 26.2. The van der Waals surface area contributed by atoms with E-state index in [1.54, 1.807) is 18.2 Å². The predicted octanol–water partition coefficient (Wildman–Crippen LogP) is 4.73. The second-order valence-electron chi connectivity index (χ2n) is 11.9. The van der Waals surface area contributed by atoms with Crippen molar-refractivity contribution in [3.05, 3.63) is 59.7 Å². The molecule has 2 aromatic carbocycles. The molecule has 1 heterocycles. The van der Waals surface area contributed by atoms with Crippen molar-refractivity contribution in [1.29, 1.82) is 0 Å². The van der Waals surface area contributed by atoms with Crippen molar-refractivity contribution in [1.82, 2.24) is 10.6 Å². The summed E-state index contributed by atoms with van der Waals surface area (Å²) in [6.45, 7) is 7.92. The number of carbonyl (C=O) groups is 1. The van der Waals surface area contributed by atoms with E-state index in [0.29, 0.717) is 55.5 Å². The SMILES string of the molecule is CCNc1cc(C(=O)N[C@@H](Cc2ccccc2)[C@H](O)CNC2CCCCC2(C)C)cc(N2CCCCS2(=O)=O)c1.Cl. The van der Waals surface area contributed by atoms with E-state index in [4.69, 9.17) is 0 Å². The van der Waals surface area contributed by atoms with Crippen LogP contribution in [-0.2, 0) is 16.4 Å². The van der Waals surface area contributed by atoms with Gasteiger partial charge in [-0.2, -0.15) is 0 Å². The molecule has 2 aromatic rings. The van der Waals surface area contributed by atoms with Crippen molar-refractivity contribution in [2.45, 2.75) is 83.9 Å². The molecule has 2 aliphatic rings. The minimum Gasteiger partial charge on any atom is -0.390 e. The van der Waals surface area contributed by atoms with Crippen LogP contribution in [0.25, 0.3) is 0 Å². The van der Waals surface area contributed by atoms with Gasteiger partial charge in [0.05, 0.1) is 23.6 Å². The Morgan fingerprint density at radius 3 is 2.54 bits per heavy atom. The maximum Gasteiger partial charge on any atom is 0.251 e. The molecular formula is C31H47ClN4O4S. The Morgan fingerprint density at radius 2 is 1.85 bits per heavy atom. The molecule has 0 radical (unpaired) electrons. The van der Waals surface area contributed by atoms with E-state index in [2.05, 4.69) is 29.8 Å². The van der Waals surface area contributed by atoms with Crippen molar-refractivity contribution in [2.75, 3.05) is 35.0 Å². The van der Waals surface area contributed by atoms with Crippen molar-refractivity contribution < 1.29 is 18.3 Å². The third-order valence-electron chi connectivity index (χ3n) is 8.36. The number of hydrogen-bond acceptors (Lipinski definition) is 6. The topological polar surface area (TPSA) is 111 Å². The molecule has 1 saturated carbocycles. The van der Waals surface area contributed by atoms with E-state index >= 15 is 0 Å². The second kappa shape index (κ2) is 14.7. The molecule has 4 N–H and O–H groups in total. The van der Waals surface area contributed by atoms with Crippen LogP contribution in [0.5, 0.6) is 0 Å². The normalized spacial score (nSPS) is 21.3. The van der Waals surface area contributed by atoms with E-state index in [1.807, 2.05) is 37.3 Å². The smallest absolute Gasteiger partial charge is 0.251 e. The Balaban J connectivity index is 0.00000462. The van der Waals surface area contributed by atoms with E-state index in [1.165, 1.54) is 17.1 Å². The molecule has 8 nitrogen and oxygen atoms in total.